The third-order valence-electron chi connectivity index (χ3n) is 5.23. The second kappa shape index (κ2) is 9.17. The lowest BCUT2D eigenvalue weighted by molar-refractivity contribution is -0.144. The molecule has 2 amide bonds. The molecule has 0 N–H and O–H groups in total. The van der Waals surface area contributed by atoms with Crippen molar-refractivity contribution < 1.29 is 28.2 Å². The van der Waals surface area contributed by atoms with Gasteiger partial charge in [-0.05, 0) is 31.5 Å². The van der Waals surface area contributed by atoms with E-state index >= 15 is 0 Å². The van der Waals surface area contributed by atoms with Gasteiger partial charge in [0.1, 0.15) is 12.4 Å². The molecule has 0 radical (unpaired) electrons. The lowest BCUT2D eigenvalue weighted by Crippen LogP contribution is -2.48. The number of carbonyl (C=O) groups is 3. The molecule has 156 valence electrons. The number of hydrogen-bond donors (Lipinski definition) is 0. The van der Waals surface area contributed by atoms with Crippen LogP contribution in [-0.4, -0.2) is 67.0 Å². The second-order valence-electron chi connectivity index (χ2n) is 7.00. The maximum Gasteiger partial charge on any atom is 0.336 e. The van der Waals surface area contributed by atoms with Gasteiger partial charge in [0.25, 0.3) is 0 Å². The molecule has 0 saturated carbocycles. The Hall–Kier alpha value is -2.74. The largest absolute Gasteiger partial charge is 0.463 e. The predicted molar refractivity (Wildman–Crippen MR) is 102 cm³/mol. The van der Waals surface area contributed by atoms with Crippen molar-refractivity contribution in [3.63, 3.8) is 0 Å². The summed E-state index contributed by atoms with van der Waals surface area (Å²) < 4.78 is 24.2. The van der Waals surface area contributed by atoms with Gasteiger partial charge in [-0.1, -0.05) is 12.1 Å². The SMILES string of the molecule is CCOC(=O)C1=C(C)N(CC(=O)N2CCOCC2)C(=O)CC1c1cccc(F)c1. The average molecular weight is 404 g/mol. The molecule has 2 heterocycles. The van der Waals surface area contributed by atoms with E-state index in [4.69, 9.17) is 9.47 Å². The Morgan fingerprint density at radius 1 is 1.28 bits per heavy atom. The number of nitrogens with zero attached hydrogens (tertiary/aromatic N) is 2. The van der Waals surface area contributed by atoms with E-state index in [9.17, 15) is 18.8 Å². The number of allylic oxidation sites excluding steroid dienone is 1. The van der Waals surface area contributed by atoms with Crippen LogP contribution in [0.25, 0.3) is 0 Å². The van der Waals surface area contributed by atoms with Crippen molar-refractivity contribution in [2.45, 2.75) is 26.2 Å². The third kappa shape index (κ3) is 4.64. The van der Waals surface area contributed by atoms with Crippen LogP contribution in [0.3, 0.4) is 0 Å². The first kappa shape index (κ1) is 21.0. The summed E-state index contributed by atoms with van der Waals surface area (Å²) in [5, 5.41) is 0. The minimum atomic E-state index is -0.619. The first-order valence-electron chi connectivity index (χ1n) is 9.71. The summed E-state index contributed by atoms with van der Waals surface area (Å²) in [7, 11) is 0. The van der Waals surface area contributed by atoms with Crippen LogP contribution in [0.2, 0.25) is 0 Å². The van der Waals surface area contributed by atoms with E-state index in [0.29, 0.717) is 37.6 Å². The van der Waals surface area contributed by atoms with Crippen LogP contribution in [0.1, 0.15) is 31.7 Å². The van der Waals surface area contributed by atoms with E-state index in [1.165, 1.54) is 17.0 Å². The van der Waals surface area contributed by atoms with Gasteiger partial charge in [0, 0.05) is 31.1 Å². The Balaban J connectivity index is 1.93. The van der Waals surface area contributed by atoms with E-state index in [-0.39, 0.29) is 37.0 Å². The summed E-state index contributed by atoms with van der Waals surface area (Å²) in [5.74, 6) is -2.11. The highest BCUT2D eigenvalue weighted by molar-refractivity contribution is 5.97. The molecule has 29 heavy (non-hydrogen) atoms. The Morgan fingerprint density at radius 2 is 2.00 bits per heavy atom. The molecule has 1 atom stereocenters. The number of rotatable bonds is 5. The molecule has 2 aliphatic rings. The van der Waals surface area contributed by atoms with Gasteiger partial charge in [0.2, 0.25) is 11.8 Å². The maximum atomic E-state index is 13.8. The molecule has 0 aromatic heterocycles. The minimum absolute atomic E-state index is 0.0364. The number of esters is 1. The first-order chi connectivity index (χ1) is 13.9. The van der Waals surface area contributed by atoms with Crippen molar-refractivity contribution in [1.29, 1.82) is 0 Å². The molecule has 2 aliphatic heterocycles. The van der Waals surface area contributed by atoms with Crippen molar-refractivity contribution in [3.8, 4) is 0 Å². The molecule has 3 rings (SSSR count). The summed E-state index contributed by atoms with van der Waals surface area (Å²) in [6.07, 6.45) is -0.0364. The van der Waals surface area contributed by atoms with Gasteiger partial charge < -0.3 is 19.3 Å². The van der Waals surface area contributed by atoms with Crippen LogP contribution < -0.4 is 0 Å². The zero-order valence-electron chi connectivity index (χ0n) is 16.7. The number of hydrogen-bond acceptors (Lipinski definition) is 5. The maximum absolute atomic E-state index is 13.8. The van der Waals surface area contributed by atoms with Crippen molar-refractivity contribution >= 4 is 17.8 Å². The number of benzene rings is 1. The summed E-state index contributed by atoms with van der Waals surface area (Å²) in [6, 6.07) is 5.85. The van der Waals surface area contributed by atoms with Gasteiger partial charge in [0.05, 0.1) is 25.4 Å². The van der Waals surface area contributed by atoms with Gasteiger partial charge in [-0.2, -0.15) is 0 Å². The highest BCUT2D eigenvalue weighted by Crippen LogP contribution is 2.37. The molecule has 1 unspecified atom stereocenters. The zero-order chi connectivity index (χ0) is 21.0. The molecule has 1 aromatic rings. The molecule has 7 nitrogen and oxygen atoms in total. The average Bonchev–Trinajstić information content (AvgIpc) is 2.71. The van der Waals surface area contributed by atoms with Crippen LogP contribution >= 0.6 is 0 Å². The van der Waals surface area contributed by atoms with Crippen LogP contribution in [0.5, 0.6) is 0 Å². The Morgan fingerprint density at radius 3 is 2.66 bits per heavy atom. The lowest BCUT2D eigenvalue weighted by Gasteiger charge is -2.36. The van der Waals surface area contributed by atoms with Gasteiger partial charge >= 0.3 is 5.97 Å². The van der Waals surface area contributed by atoms with Gasteiger partial charge in [-0.25, -0.2) is 9.18 Å². The quantitative estimate of drug-likeness (QED) is 0.700. The molecular weight excluding hydrogens is 379 g/mol. The molecule has 1 saturated heterocycles. The molecule has 8 heteroatoms. The summed E-state index contributed by atoms with van der Waals surface area (Å²) in [6.45, 7) is 5.21. The van der Waals surface area contributed by atoms with Crippen molar-refractivity contribution in [2.75, 3.05) is 39.5 Å². The van der Waals surface area contributed by atoms with Crippen LogP contribution in [0.4, 0.5) is 4.39 Å². The number of halogens is 1. The number of morpholine rings is 1. The first-order valence-corrected chi connectivity index (χ1v) is 9.71. The smallest absolute Gasteiger partial charge is 0.336 e. The molecular formula is C21H25FN2O5. The number of carbonyl (C=O) groups excluding carboxylic acids is 3. The molecule has 0 spiro atoms. The zero-order valence-corrected chi connectivity index (χ0v) is 16.7. The highest BCUT2D eigenvalue weighted by atomic mass is 19.1. The molecule has 1 fully saturated rings. The summed E-state index contributed by atoms with van der Waals surface area (Å²) >= 11 is 0. The standard InChI is InChI=1S/C21H25FN2O5/c1-3-29-21(27)20-14(2)24(13-19(26)23-7-9-28-10-8-23)18(25)12-17(20)15-5-4-6-16(22)11-15/h4-6,11,17H,3,7-10,12-13H2,1-2H3. The second-order valence-corrected chi connectivity index (χ2v) is 7.00. The highest BCUT2D eigenvalue weighted by Gasteiger charge is 2.38. The molecule has 0 bridgehead atoms. The van der Waals surface area contributed by atoms with E-state index in [1.54, 1.807) is 30.9 Å². The van der Waals surface area contributed by atoms with Crippen LogP contribution in [0.15, 0.2) is 35.5 Å². The predicted octanol–water partition coefficient (Wildman–Crippen LogP) is 1.84. The fraction of sp³-hybridized carbons (Fsp3) is 0.476. The Labute approximate surface area is 169 Å². The van der Waals surface area contributed by atoms with Crippen LogP contribution in [0, 0.1) is 5.82 Å². The molecule has 0 aliphatic carbocycles. The van der Waals surface area contributed by atoms with E-state index in [1.807, 2.05) is 0 Å². The van der Waals surface area contributed by atoms with E-state index in [0.717, 1.165) is 0 Å². The van der Waals surface area contributed by atoms with Gasteiger partial charge in [-0.3, -0.25) is 9.59 Å². The monoisotopic (exact) mass is 404 g/mol. The normalized spacial score (nSPS) is 20.1. The number of ether oxygens (including phenoxy) is 2. The third-order valence-corrected chi connectivity index (χ3v) is 5.23. The minimum Gasteiger partial charge on any atom is -0.463 e. The Kier molecular flexibility index (Phi) is 6.64. The van der Waals surface area contributed by atoms with Crippen LogP contribution in [-0.2, 0) is 23.9 Å². The summed E-state index contributed by atoms with van der Waals surface area (Å²) in [5.41, 5.74) is 1.18. The topological polar surface area (TPSA) is 76.2 Å². The van der Waals surface area contributed by atoms with E-state index in [2.05, 4.69) is 0 Å². The Bertz CT molecular complexity index is 832. The fourth-order valence-corrected chi connectivity index (χ4v) is 3.73. The van der Waals surface area contributed by atoms with Gasteiger partial charge in [0.15, 0.2) is 0 Å². The van der Waals surface area contributed by atoms with Crippen molar-refractivity contribution in [2.24, 2.45) is 0 Å². The fourth-order valence-electron chi connectivity index (χ4n) is 3.73. The molecule has 1 aromatic carbocycles. The number of amides is 2. The summed E-state index contributed by atoms with van der Waals surface area (Å²) in [4.78, 5) is 41.2. The van der Waals surface area contributed by atoms with Gasteiger partial charge in [-0.15, -0.1) is 0 Å². The van der Waals surface area contributed by atoms with E-state index < -0.39 is 17.7 Å². The van der Waals surface area contributed by atoms with Crippen molar-refractivity contribution in [3.05, 3.63) is 46.9 Å². The van der Waals surface area contributed by atoms with Crippen molar-refractivity contribution in [1.82, 2.24) is 9.80 Å². The lowest BCUT2D eigenvalue weighted by atomic mass is 9.83.